The SMILES string of the molecule is CCn1c(C(=O)O)ccc1-c1cc(F)ccc1Cl. The van der Waals surface area contributed by atoms with E-state index in [2.05, 4.69) is 0 Å². The predicted octanol–water partition coefficient (Wildman–Crippen LogP) is 3.67. The van der Waals surface area contributed by atoms with Crippen LogP contribution in [0.5, 0.6) is 0 Å². The Hall–Kier alpha value is -1.81. The lowest BCUT2D eigenvalue weighted by molar-refractivity contribution is 0.0685. The molecule has 0 atom stereocenters. The first kappa shape index (κ1) is 12.6. The molecule has 1 aromatic carbocycles. The van der Waals surface area contributed by atoms with Gasteiger partial charge in [-0.1, -0.05) is 11.6 Å². The van der Waals surface area contributed by atoms with Gasteiger partial charge in [0.1, 0.15) is 11.5 Å². The maximum Gasteiger partial charge on any atom is 0.352 e. The number of benzene rings is 1. The van der Waals surface area contributed by atoms with Gasteiger partial charge in [-0.2, -0.15) is 0 Å². The fraction of sp³-hybridized carbons (Fsp3) is 0.154. The Morgan fingerprint density at radius 1 is 1.39 bits per heavy atom. The summed E-state index contributed by atoms with van der Waals surface area (Å²) in [6.45, 7) is 2.29. The molecule has 94 valence electrons. The zero-order chi connectivity index (χ0) is 13.3. The summed E-state index contributed by atoms with van der Waals surface area (Å²) in [5.74, 6) is -1.43. The second-order valence-electron chi connectivity index (χ2n) is 3.78. The molecule has 2 rings (SSSR count). The summed E-state index contributed by atoms with van der Waals surface area (Å²) in [6.07, 6.45) is 0. The highest BCUT2D eigenvalue weighted by molar-refractivity contribution is 6.33. The van der Waals surface area contributed by atoms with Crippen molar-refractivity contribution in [2.75, 3.05) is 0 Å². The number of halogens is 2. The Bertz CT molecular complexity index is 607. The molecule has 0 bridgehead atoms. The number of hydrogen-bond donors (Lipinski definition) is 1. The van der Waals surface area contributed by atoms with Crippen molar-refractivity contribution < 1.29 is 14.3 Å². The van der Waals surface area contributed by atoms with Crippen LogP contribution in [0.4, 0.5) is 4.39 Å². The van der Waals surface area contributed by atoms with Gasteiger partial charge in [-0.25, -0.2) is 9.18 Å². The van der Waals surface area contributed by atoms with Gasteiger partial charge < -0.3 is 9.67 Å². The number of hydrogen-bond acceptors (Lipinski definition) is 1. The predicted molar refractivity (Wildman–Crippen MR) is 67.5 cm³/mol. The summed E-state index contributed by atoms with van der Waals surface area (Å²) in [7, 11) is 0. The largest absolute Gasteiger partial charge is 0.477 e. The number of carbonyl (C=O) groups is 1. The fourth-order valence-electron chi connectivity index (χ4n) is 1.92. The Balaban J connectivity index is 2.64. The topological polar surface area (TPSA) is 42.2 Å². The van der Waals surface area contributed by atoms with Crippen LogP contribution in [0.3, 0.4) is 0 Å². The lowest BCUT2D eigenvalue weighted by atomic mass is 10.1. The average molecular weight is 268 g/mol. The summed E-state index contributed by atoms with van der Waals surface area (Å²) < 4.78 is 14.8. The highest BCUT2D eigenvalue weighted by Crippen LogP contribution is 2.30. The smallest absolute Gasteiger partial charge is 0.352 e. The summed E-state index contributed by atoms with van der Waals surface area (Å²) in [5, 5.41) is 9.44. The molecule has 0 aliphatic carbocycles. The molecule has 0 aliphatic heterocycles. The van der Waals surface area contributed by atoms with Crippen molar-refractivity contribution in [3.63, 3.8) is 0 Å². The van der Waals surface area contributed by atoms with Gasteiger partial charge in [0, 0.05) is 12.1 Å². The first-order valence-electron chi connectivity index (χ1n) is 5.42. The number of nitrogens with zero attached hydrogens (tertiary/aromatic N) is 1. The summed E-state index contributed by atoms with van der Waals surface area (Å²) in [5.41, 5.74) is 1.25. The molecular weight excluding hydrogens is 257 g/mol. The van der Waals surface area contributed by atoms with Crippen molar-refractivity contribution in [2.24, 2.45) is 0 Å². The van der Waals surface area contributed by atoms with E-state index in [4.69, 9.17) is 16.7 Å². The highest BCUT2D eigenvalue weighted by Gasteiger charge is 2.16. The normalized spacial score (nSPS) is 10.6. The van der Waals surface area contributed by atoms with E-state index in [1.165, 1.54) is 24.3 Å². The van der Waals surface area contributed by atoms with Crippen LogP contribution in [-0.4, -0.2) is 15.6 Å². The Labute approximate surface area is 108 Å². The average Bonchev–Trinajstić information content (AvgIpc) is 2.75. The molecule has 0 saturated carbocycles. The van der Waals surface area contributed by atoms with Crippen LogP contribution >= 0.6 is 11.6 Å². The number of rotatable bonds is 3. The van der Waals surface area contributed by atoms with Gasteiger partial charge in [-0.3, -0.25) is 0 Å². The van der Waals surface area contributed by atoms with Crippen molar-refractivity contribution in [1.29, 1.82) is 0 Å². The quantitative estimate of drug-likeness (QED) is 0.922. The third kappa shape index (κ3) is 2.11. The van der Waals surface area contributed by atoms with Crippen molar-refractivity contribution in [2.45, 2.75) is 13.5 Å². The van der Waals surface area contributed by atoms with Gasteiger partial charge in [0.15, 0.2) is 0 Å². The molecule has 2 aromatic rings. The van der Waals surface area contributed by atoms with Crippen LogP contribution in [-0.2, 0) is 6.54 Å². The lowest BCUT2D eigenvalue weighted by Crippen LogP contribution is -2.08. The zero-order valence-electron chi connectivity index (χ0n) is 9.65. The molecule has 0 radical (unpaired) electrons. The Morgan fingerprint density at radius 3 is 2.72 bits per heavy atom. The van der Waals surface area contributed by atoms with Gasteiger partial charge in [0.25, 0.3) is 0 Å². The maximum atomic E-state index is 13.2. The van der Waals surface area contributed by atoms with Crippen LogP contribution < -0.4 is 0 Å². The summed E-state index contributed by atoms with van der Waals surface area (Å²) in [4.78, 5) is 11.0. The van der Waals surface area contributed by atoms with E-state index in [0.717, 1.165) is 0 Å². The Morgan fingerprint density at radius 2 is 2.11 bits per heavy atom. The van der Waals surface area contributed by atoms with Crippen LogP contribution in [0.1, 0.15) is 17.4 Å². The molecular formula is C13H11ClFNO2. The van der Waals surface area contributed by atoms with Gasteiger partial charge in [0.05, 0.1) is 10.7 Å². The molecule has 3 nitrogen and oxygen atoms in total. The number of aromatic nitrogens is 1. The van der Waals surface area contributed by atoms with Gasteiger partial charge >= 0.3 is 5.97 Å². The second kappa shape index (κ2) is 4.82. The first-order valence-corrected chi connectivity index (χ1v) is 5.80. The van der Waals surface area contributed by atoms with Crippen LogP contribution in [0.25, 0.3) is 11.3 Å². The third-order valence-electron chi connectivity index (χ3n) is 2.72. The van der Waals surface area contributed by atoms with Crippen molar-refractivity contribution in [3.05, 3.63) is 46.9 Å². The van der Waals surface area contributed by atoms with Crippen LogP contribution in [0.2, 0.25) is 5.02 Å². The number of aromatic carboxylic acids is 1. The van der Waals surface area contributed by atoms with Gasteiger partial charge in [-0.15, -0.1) is 0 Å². The maximum absolute atomic E-state index is 13.2. The third-order valence-corrected chi connectivity index (χ3v) is 3.05. The number of carboxylic acid groups (broad SMARTS) is 1. The molecule has 5 heteroatoms. The van der Waals surface area contributed by atoms with E-state index in [1.807, 2.05) is 6.92 Å². The van der Waals surface area contributed by atoms with Crippen LogP contribution in [0.15, 0.2) is 30.3 Å². The van der Waals surface area contributed by atoms with E-state index >= 15 is 0 Å². The van der Waals surface area contributed by atoms with Gasteiger partial charge in [-0.05, 0) is 37.3 Å². The molecule has 0 unspecified atom stereocenters. The minimum atomic E-state index is -1.02. The molecule has 0 fully saturated rings. The molecule has 0 spiro atoms. The molecule has 0 aliphatic rings. The van der Waals surface area contributed by atoms with Gasteiger partial charge in [0.2, 0.25) is 0 Å². The zero-order valence-corrected chi connectivity index (χ0v) is 10.4. The molecule has 0 saturated heterocycles. The first-order chi connectivity index (χ1) is 8.54. The van der Waals surface area contributed by atoms with E-state index in [1.54, 1.807) is 10.6 Å². The van der Waals surface area contributed by atoms with E-state index in [0.29, 0.717) is 22.8 Å². The summed E-state index contributed by atoms with van der Waals surface area (Å²) >= 11 is 6.02. The Kier molecular flexibility index (Phi) is 3.39. The van der Waals surface area contributed by atoms with E-state index in [9.17, 15) is 9.18 Å². The van der Waals surface area contributed by atoms with E-state index in [-0.39, 0.29) is 5.69 Å². The molecule has 1 N–H and O–H groups in total. The van der Waals surface area contributed by atoms with Crippen molar-refractivity contribution in [1.82, 2.24) is 4.57 Å². The standard InChI is InChI=1S/C13H11ClFNO2/c1-2-16-11(5-6-12(16)13(17)18)9-7-8(15)3-4-10(9)14/h3-7H,2H2,1H3,(H,17,18). The second-order valence-corrected chi connectivity index (χ2v) is 4.18. The van der Waals surface area contributed by atoms with Crippen LogP contribution in [0, 0.1) is 5.82 Å². The fourth-order valence-corrected chi connectivity index (χ4v) is 2.14. The minimum absolute atomic E-state index is 0.160. The molecule has 0 amide bonds. The van der Waals surface area contributed by atoms with E-state index < -0.39 is 11.8 Å². The monoisotopic (exact) mass is 267 g/mol. The molecule has 1 aromatic heterocycles. The molecule has 18 heavy (non-hydrogen) atoms. The van der Waals surface area contributed by atoms with Crippen molar-refractivity contribution >= 4 is 17.6 Å². The minimum Gasteiger partial charge on any atom is -0.477 e. The van der Waals surface area contributed by atoms with Crippen molar-refractivity contribution in [3.8, 4) is 11.3 Å². The molecule has 1 heterocycles. The highest BCUT2D eigenvalue weighted by atomic mass is 35.5. The summed E-state index contributed by atoms with van der Waals surface area (Å²) in [6, 6.07) is 7.15. The number of carboxylic acids is 1. The lowest BCUT2D eigenvalue weighted by Gasteiger charge is -2.10.